The molecule has 1 aliphatic rings. The van der Waals surface area contributed by atoms with E-state index in [1.165, 1.54) is 24.0 Å². The number of hydrogen-bond donors (Lipinski definition) is 1. The van der Waals surface area contributed by atoms with Crippen LogP contribution in [0.5, 0.6) is 11.5 Å². The van der Waals surface area contributed by atoms with Crippen LogP contribution in [0.15, 0.2) is 48.8 Å². The lowest BCUT2D eigenvalue weighted by molar-refractivity contribution is -0.137. The summed E-state index contributed by atoms with van der Waals surface area (Å²) >= 11 is 0. The van der Waals surface area contributed by atoms with Crippen LogP contribution in [0.1, 0.15) is 47.7 Å². The molecule has 0 bridgehead atoms. The van der Waals surface area contributed by atoms with Crippen molar-refractivity contribution in [2.75, 3.05) is 0 Å². The van der Waals surface area contributed by atoms with Crippen molar-refractivity contribution >= 4 is 5.97 Å². The van der Waals surface area contributed by atoms with Crippen LogP contribution in [0, 0.1) is 0 Å². The second-order valence-corrected chi connectivity index (χ2v) is 7.26. The second-order valence-electron chi connectivity index (χ2n) is 7.26. The molecule has 0 amide bonds. The average Bonchev–Trinajstić information content (AvgIpc) is 3.12. The van der Waals surface area contributed by atoms with E-state index in [0.717, 1.165) is 29.9 Å². The molecule has 1 aromatic heterocycles. The van der Waals surface area contributed by atoms with Gasteiger partial charge in [0.2, 0.25) is 0 Å². The Labute approximate surface area is 163 Å². The minimum absolute atomic E-state index is 0.0441. The van der Waals surface area contributed by atoms with E-state index < -0.39 is 5.97 Å². The fraction of sp³-hybridized carbons (Fsp3) is 0.318. The van der Waals surface area contributed by atoms with E-state index in [0.29, 0.717) is 5.82 Å². The lowest BCUT2D eigenvalue weighted by Crippen LogP contribution is -2.12. The molecule has 0 aliphatic heterocycles. The van der Waals surface area contributed by atoms with Crippen LogP contribution in [0.2, 0.25) is 0 Å². The Morgan fingerprint density at radius 3 is 2.50 bits per heavy atom. The van der Waals surface area contributed by atoms with E-state index in [9.17, 15) is 9.90 Å². The Kier molecular flexibility index (Phi) is 5.10. The third kappa shape index (κ3) is 3.91. The molecule has 0 saturated carbocycles. The zero-order valence-corrected chi connectivity index (χ0v) is 15.8. The van der Waals surface area contributed by atoms with Gasteiger partial charge in [-0.05, 0) is 66.6 Å². The van der Waals surface area contributed by atoms with E-state index >= 15 is 0 Å². The van der Waals surface area contributed by atoms with Gasteiger partial charge in [-0.15, -0.1) is 10.2 Å². The Hall–Kier alpha value is -3.15. The van der Waals surface area contributed by atoms with Crippen LogP contribution in [-0.2, 0) is 24.7 Å². The minimum Gasteiger partial charge on any atom is -0.481 e. The summed E-state index contributed by atoms with van der Waals surface area (Å²) in [7, 11) is 1.82. The van der Waals surface area contributed by atoms with Crippen molar-refractivity contribution in [2.45, 2.75) is 38.0 Å². The van der Waals surface area contributed by atoms with E-state index in [1.807, 2.05) is 37.4 Å². The molecule has 0 saturated heterocycles. The maximum atomic E-state index is 11.3. The maximum Gasteiger partial charge on any atom is 0.304 e. The Morgan fingerprint density at radius 2 is 1.82 bits per heavy atom. The third-order valence-corrected chi connectivity index (χ3v) is 5.27. The van der Waals surface area contributed by atoms with Crippen molar-refractivity contribution in [3.05, 3.63) is 71.3 Å². The number of carboxylic acid groups (broad SMARTS) is 1. The maximum absolute atomic E-state index is 11.3. The summed E-state index contributed by atoms with van der Waals surface area (Å²) in [5.41, 5.74) is 3.68. The SMILES string of the molecule is Cn1cnnc1C(CC(=O)O)c1ccc(Oc2ccc3c(c2)CCCC3)cc1. The van der Waals surface area contributed by atoms with Crippen molar-refractivity contribution in [3.8, 4) is 11.5 Å². The smallest absolute Gasteiger partial charge is 0.304 e. The second kappa shape index (κ2) is 7.84. The number of aryl methyl sites for hydroxylation is 3. The molecule has 2 aromatic carbocycles. The highest BCUT2D eigenvalue weighted by molar-refractivity contribution is 5.68. The molecule has 28 heavy (non-hydrogen) atoms. The number of aromatic nitrogens is 3. The Balaban J connectivity index is 1.54. The van der Waals surface area contributed by atoms with Gasteiger partial charge in [0.1, 0.15) is 23.7 Å². The normalized spacial score (nSPS) is 14.3. The first kappa shape index (κ1) is 18.2. The Morgan fingerprint density at radius 1 is 1.11 bits per heavy atom. The molecule has 1 aliphatic carbocycles. The van der Waals surface area contributed by atoms with Crippen LogP contribution in [0.25, 0.3) is 0 Å². The number of rotatable bonds is 6. The van der Waals surface area contributed by atoms with Gasteiger partial charge in [0.25, 0.3) is 0 Å². The predicted octanol–water partition coefficient (Wildman–Crippen LogP) is 4.09. The molecule has 1 unspecified atom stereocenters. The van der Waals surface area contributed by atoms with E-state index in [4.69, 9.17) is 4.74 Å². The van der Waals surface area contributed by atoms with Gasteiger partial charge in [0.15, 0.2) is 0 Å². The molecule has 3 aromatic rings. The quantitative estimate of drug-likeness (QED) is 0.700. The summed E-state index contributed by atoms with van der Waals surface area (Å²) in [6.07, 6.45) is 6.29. The molecule has 6 nitrogen and oxygen atoms in total. The molecule has 0 spiro atoms. The minimum atomic E-state index is -0.873. The molecule has 4 rings (SSSR count). The fourth-order valence-corrected chi connectivity index (χ4v) is 3.82. The molecule has 6 heteroatoms. The van der Waals surface area contributed by atoms with Gasteiger partial charge in [-0.2, -0.15) is 0 Å². The van der Waals surface area contributed by atoms with E-state index in [2.05, 4.69) is 22.3 Å². The van der Waals surface area contributed by atoms with Crippen molar-refractivity contribution in [3.63, 3.8) is 0 Å². The highest BCUT2D eigenvalue weighted by Crippen LogP contribution is 2.31. The molecule has 0 radical (unpaired) electrons. The summed E-state index contributed by atoms with van der Waals surface area (Å²) in [6.45, 7) is 0. The van der Waals surface area contributed by atoms with Crippen molar-refractivity contribution in [2.24, 2.45) is 7.05 Å². The number of aliphatic carboxylic acids is 1. The molecule has 1 N–H and O–H groups in total. The van der Waals surface area contributed by atoms with E-state index in [1.54, 1.807) is 10.9 Å². The Bertz CT molecular complexity index is 979. The van der Waals surface area contributed by atoms with E-state index in [-0.39, 0.29) is 12.3 Å². The van der Waals surface area contributed by atoms with Gasteiger partial charge in [0.05, 0.1) is 12.3 Å². The van der Waals surface area contributed by atoms with Gasteiger partial charge < -0.3 is 14.4 Å². The molecule has 1 atom stereocenters. The van der Waals surface area contributed by atoms with Crippen molar-refractivity contribution in [1.29, 1.82) is 0 Å². The third-order valence-electron chi connectivity index (χ3n) is 5.27. The summed E-state index contributed by atoms with van der Waals surface area (Å²) < 4.78 is 7.78. The lowest BCUT2D eigenvalue weighted by atomic mass is 9.92. The number of nitrogens with zero attached hydrogens (tertiary/aromatic N) is 3. The standard InChI is InChI=1S/C22H23N3O3/c1-25-14-23-24-22(25)20(13-21(26)27)16-7-9-18(10-8-16)28-19-11-6-15-4-2-3-5-17(15)12-19/h6-12,14,20H,2-5,13H2,1H3,(H,26,27). The molecular weight excluding hydrogens is 354 g/mol. The monoisotopic (exact) mass is 377 g/mol. The number of fused-ring (bicyclic) bond motifs is 1. The van der Waals surface area contributed by atoms with Crippen molar-refractivity contribution in [1.82, 2.24) is 14.8 Å². The van der Waals surface area contributed by atoms with Gasteiger partial charge in [-0.1, -0.05) is 18.2 Å². The number of benzene rings is 2. The highest BCUT2D eigenvalue weighted by Gasteiger charge is 2.22. The first-order valence-corrected chi connectivity index (χ1v) is 9.55. The van der Waals surface area contributed by atoms with Gasteiger partial charge >= 0.3 is 5.97 Å². The van der Waals surface area contributed by atoms with Gasteiger partial charge in [-0.25, -0.2) is 0 Å². The lowest BCUT2D eigenvalue weighted by Gasteiger charge is -2.17. The van der Waals surface area contributed by atoms with Crippen LogP contribution in [0.3, 0.4) is 0 Å². The van der Waals surface area contributed by atoms with Gasteiger partial charge in [0, 0.05) is 7.05 Å². The molecule has 144 valence electrons. The van der Waals surface area contributed by atoms with Gasteiger partial charge in [-0.3, -0.25) is 4.79 Å². The largest absolute Gasteiger partial charge is 0.481 e. The average molecular weight is 377 g/mol. The topological polar surface area (TPSA) is 77.2 Å². The number of carbonyl (C=O) groups is 1. The molecule has 1 heterocycles. The number of carboxylic acids is 1. The number of hydrogen-bond acceptors (Lipinski definition) is 4. The van der Waals surface area contributed by atoms with Crippen LogP contribution in [-0.4, -0.2) is 25.8 Å². The summed E-state index contributed by atoms with van der Waals surface area (Å²) in [4.78, 5) is 11.3. The highest BCUT2D eigenvalue weighted by atomic mass is 16.5. The van der Waals surface area contributed by atoms with Crippen LogP contribution in [0.4, 0.5) is 0 Å². The zero-order valence-electron chi connectivity index (χ0n) is 15.8. The van der Waals surface area contributed by atoms with Crippen LogP contribution < -0.4 is 4.74 Å². The first-order chi connectivity index (χ1) is 13.6. The number of ether oxygens (including phenoxy) is 1. The zero-order chi connectivity index (χ0) is 19.5. The van der Waals surface area contributed by atoms with Crippen LogP contribution >= 0.6 is 0 Å². The first-order valence-electron chi connectivity index (χ1n) is 9.55. The summed E-state index contributed by atoms with van der Waals surface area (Å²) in [6, 6.07) is 13.9. The summed E-state index contributed by atoms with van der Waals surface area (Å²) in [5.74, 6) is 0.964. The summed E-state index contributed by atoms with van der Waals surface area (Å²) in [5, 5.41) is 17.3. The molecule has 0 fully saturated rings. The fourth-order valence-electron chi connectivity index (χ4n) is 3.82. The van der Waals surface area contributed by atoms with Crippen molar-refractivity contribution < 1.29 is 14.6 Å². The predicted molar refractivity (Wildman–Crippen MR) is 105 cm³/mol. The molecular formula is C22H23N3O3.